The van der Waals surface area contributed by atoms with Gasteiger partial charge in [-0.1, -0.05) is 32.1 Å². The molecule has 0 spiro atoms. The molecule has 0 aromatic rings. The maximum atomic E-state index is 2.81. The molecule has 0 radical (unpaired) electrons. The van der Waals surface area contributed by atoms with E-state index in [4.69, 9.17) is 0 Å². The van der Waals surface area contributed by atoms with Crippen LogP contribution in [-0.2, 0) is 0 Å². The van der Waals surface area contributed by atoms with Crippen LogP contribution in [0.3, 0.4) is 0 Å². The smallest absolute Gasteiger partial charge is 0.0106 e. The van der Waals surface area contributed by atoms with Crippen LogP contribution < -0.4 is 0 Å². The quantitative estimate of drug-likeness (QED) is 0.624. The van der Waals surface area contributed by atoms with Crippen molar-refractivity contribution < 1.29 is 0 Å². The molecule has 2 saturated carbocycles. The molecule has 4 atom stereocenters. The van der Waals surface area contributed by atoms with E-state index in [9.17, 15) is 0 Å². The van der Waals surface area contributed by atoms with E-state index in [-0.39, 0.29) is 0 Å². The van der Waals surface area contributed by atoms with E-state index >= 15 is 0 Å². The van der Waals surface area contributed by atoms with E-state index in [2.05, 4.69) is 23.7 Å². The van der Waals surface area contributed by atoms with Crippen molar-refractivity contribution in [3.05, 3.63) is 0 Å². The Kier molecular flexibility index (Phi) is 5.14. The first kappa shape index (κ1) is 14.3. The van der Waals surface area contributed by atoms with Crippen molar-refractivity contribution in [3.63, 3.8) is 0 Å². The number of rotatable bonds is 0. The van der Waals surface area contributed by atoms with Crippen LogP contribution in [0.5, 0.6) is 0 Å². The van der Waals surface area contributed by atoms with Gasteiger partial charge < -0.3 is 4.90 Å². The van der Waals surface area contributed by atoms with Gasteiger partial charge in [0.05, 0.1) is 0 Å². The van der Waals surface area contributed by atoms with E-state index < -0.39 is 0 Å². The zero-order valence-electron chi connectivity index (χ0n) is 12.7. The zero-order chi connectivity index (χ0) is 13.1. The molecular weight excluding hydrogens is 250 g/mol. The number of nitrogens with zero attached hydrogens (tertiary/aromatic N) is 1. The van der Waals surface area contributed by atoms with Crippen molar-refractivity contribution in [1.82, 2.24) is 4.90 Å². The molecule has 1 nitrogen and oxygen atoms in total. The summed E-state index contributed by atoms with van der Waals surface area (Å²) in [6, 6.07) is 1.78. The molecule has 110 valence electrons. The third kappa shape index (κ3) is 3.69. The molecule has 4 bridgehead atoms. The van der Waals surface area contributed by atoms with Crippen molar-refractivity contribution in [2.45, 2.75) is 99.6 Å². The predicted molar refractivity (Wildman–Crippen MR) is 85.9 cm³/mol. The van der Waals surface area contributed by atoms with Crippen molar-refractivity contribution in [1.29, 1.82) is 0 Å². The molecule has 1 aliphatic heterocycles. The SMILES string of the molecule is CN1C2CCCCC(CC2)SC2CCCCCC1C2. The maximum absolute atomic E-state index is 2.81. The first-order chi connectivity index (χ1) is 9.33. The van der Waals surface area contributed by atoms with Crippen molar-refractivity contribution in [2.24, 2.45) is 0 Å². The van der Waals surface area contributed by atoms with Gasteiger partial charge >= 0.3 is 0 Å². The summed E-state index contributed by atoms with van der Waals surface area (Å²) in [6.45, 7) is 0. The van der Waals surface area contributed by atoms with E-state index in [1.807, 2.05) is 0 Å². The molecule has 0 N–H and O–H groups in total. The summed E-state index contributed by atoms with van der Waals surface area (Å²) in [4.78, 5) is 2.81. The van der Waals surface area contributed by atoms with Crippen molar-refractivity contribution in [3.8, 4) is 0 Å². The standard InChI is InChI=1S/C17H31NS/c1-18-14-7-5-6-9-16(12-11-14)19-17-10-4-2-3-8-15(18)13-17/h14-17H,2-13H2,1H3. The van der Waals surface area contributed by atoms with Crippen LogP contribution in [0.15, 0.2) is 0 Å². The fourth-order valence-corrected chi connectivity index (χ4v) is 6.25. The highest BCUT2D eigenvalue weighted by Crippen LogP contribution is 2.39. The van der Waals surface area contributed by atoms with Crippen LogP contribution in [-0.4, -0.2) is 34.5 Å². The highest BCUT2D eigenvalue weighted by atomic mass is 32.2. The van der Waals surface area contributed by atoms with Crippen LogP contribution in [0.2, 0.25) is 0 Å². The lowest BCUT2D eigenvalue weighted by atomic mass is 9.91. The van der Waals surface area contributed by atoms with E-state index in [1.165, 1.54) is 77.0 Å². The van der Waals surface area contributed by atoms with Crippen LogP contribution in [0.4, 0.5) is 0 Å². The average Bonchev–Trinajstić information content (AvgIpc) is 2.38. The van der Waals surface area contributed by atoms with Crippen molar-refractivity contribution >= 4 is 11.8 Å². The molecule has 3 fully saturated rings. The first-order valence-electron chi connectivity index (χ1n) is 8.70. The Morgan fingerprint density at radius 3 is 2.32 bits per heavy atom. The molecule has 3 rings (SSSR count). The molecule has 0 amide bonds. The second-order valence-corrected chi connectivity index (χ2v) is 8.69. The molecule has 19 heavy (non-hydrogen) atoms. The van der Waals surface area contributed by atoms with E-state index in [1.54, 1.807) is 0 Å². The molecular formula is C17H31NS. The van der Waals surface area contributed by atoms with Crippen LogP contribution in [0.1, 0.15) is 77.0 Å². The minimum Gasteiger partial charge on any atom is -0.300 e. The van der Waals surface area contributed by atoms with Crippen LogP contribution >= 0.6 is 11.8 Å². The van der Waals surface area contributed by atoms with Gasteiger partial charge in [0, 0.05) is 22.6 Å². The summed E-state index contributed by atoms with van der Waals surface area (Å²) in [5.41, 5.74) is 0. The number of fused-ring (bicyclic) bond motifs is 5. The highest BCUT2D eigenvalue weighted by Gasteiger charge is 2.31. The van der Waals surface area contributed by atoms with Crippen LogP contribution in [0, 0.1) is 0 Å². The van der Waals surface area contributed by atoms with Gasteiger partial charge in [0.2, 0.25) is 0 Å². The number of hydrogen-bond acceptors (Lipinski definition) is 2. The normalized spacial score (nSPS) is 42.2. The van der Waals surface area contributed by atoms with Gasteiger partial charge in [-0.05, 0) is 52.0 Å². The fraction of sp³-hybridized carbons (Fsp3) is 1.00. The van der Waals surface area contributed by atoms with Gasteiger partial charge in [-0.3, -0.25) is 0 Å². The topological polar surface area (TPSA) is 3.24 Å². The summed E-state index contributed by atoms with van der Waals surface area (Å²) >= 11 is 2.39. The van der Waals surface area contributed by atoms with E-state index in [0.29, 0.717) is 0 Å². The monoisotopic (exact) mass is 281 g/mol. The van der Waals surface area contributed by atoms with Gasteiger partial charge in [0.15, 0.2) is 0 Å². The Morgan fingerprint density at radius 1 is 0.684 bits per heavy atom. The largest absolute Gasteiger partial charge is 0.300 e. The third-order valence-corrected chi connectivity index (χ3v) is 7.44. The van der Waals surface area contributed by atoms with Crippen LogP contribution in [0.25, 0.3) is 0 Å². The lowest BCUT2D eigenvalue weighted by Crippen LogP contribution is -2.41. The summed E-state index contributed by atoms with van der Waals surface area (Å²) < 4.78 is 0. The lowest BCUT2D eigenvalue weighted by molar-refractivity contribution is 0.129. The van der Waals surface area contributed by atoms with Gasteiger partial charge in [-0.25, -0.2) is 0 Å². The summed E-state index contributed by atoms with van der Waals surface area (Å²) in [5.74, 6) is 0. The molecule has 1 saturated heterocycles. The lowest BCUT2D eigenvalue weighted by Gasteiger charge is -2.37. The molecule has 2 aliphatic carbocycles. The van der Waals surface area contributed by atoms with Gasteiger partial charge in [-0.2, -0.15) is 11.8 Å². The molecule has 4 unspecified atom stereocenters. The Bertz CT molecular complexity index is 280. The fourth-order valence-electron chi connectivity index (χ4n) is 4.49. The second kappa shape index (κ2) is 6.85. The Hall–Kier alpha value is 0.310. The first-order valence-corrected chi connectivity index (χ1v) is 9.64. The molecule has 3 aliphatic rings. The summed E-state index contributed by atoms with van der Waals surface area (Å²) in [6.07, 6.45) is 17.8. The maximum Gasteiger partial charge on any atom is 0.0106 e. The summed E-state index contributed by atoms with van der Waals surface area (Å²) in [5, 5.41) is 1.95. The minimum atomic E-state index is 0.889. The molecule has 0 aromatic heterocycles. The minimum absolute atomic E-state index is 0.889. The Balaban J connectivity index is 1.79. The summed E-state index contributed by atoms with van der Waals surface area (Å²) in [7, 11) is 2.45. The number of thioether (sulfide) groups is 1. The molecule has 2 heteroatoms. The van der Waals surface area contributed by atoms with Gasteiger partial charge in [0.1, 0.15) is 0 Å². The highest BCUT2D eigenvalue weighted by molar-refractivity contribution is 8.00. The third-order valence-electron chi connectivity index (χ3n) is 5.77. The zero-order valence-corrected chi connectivity index (χ0v) is 13.5. The second-order valence-electron chi connectivity index (χ2n) is 7.09. The molecule has 0 aromatic carbocycles. The number of hydrogen-bond donors (Lipinski definition) is 0. The Labute approximate surface area is 123 Å². The van der Waals surface area contributed by atoms with E-state index in [0.717, 1.165) is 22.6 Å². The predicted octanol–water partition coefficient (Wildman–Crippen LogP) is 4.85. The Morgan fingerprint density at radius 2 is 1.37 bits per heavy atom. The van der Waals surface area contributed by atoms with Crippen molar-refractivity contribution in [2.75, 3.05) is 7.05 Å². The van der Waals surface area contributed by atoms with Gasteiger partial charge in [-0.15, -0.1) is 0 Å². The average molecular weight is 282 g/mol. The molecule has 1 heterocycles. The van der Waals surface area contributed by atoms with Gasteiger partial charge in [0.25, 0.3) is 0 Å².